The lowest BCUT2D eigenvalue weighted by molar-refractivity contribution is 0.878. The standard InChI is InChI=1S/C15H11N5/c16-14-15(19-12-7-3-2-6-11(12)18-14)20-13-8-4-1-5-10(13)9-17-20/h1-9H,(H2,16,18). The molecule has 5 heteroatoms. The summed E-state index contributed by atoms with van der Waals surface area (Å²) in [6.07, 6.45) is 1.80. The van der Waals surface area contributed by atoms with Crippen molar-refractivity contribution >= 4 is 27.8 Å². The van der Waals surface area contributed by atoms with E-state index in [1.807, 2.05) is 48.5 Å². The van der Waals surface area contributed by atoms with E-state index in [0.717, 1.165) is 21.9 Å². The van der Waals surface area contributed by atoms with Crippen molar-refractivity contribution in [3.8, 4) is 5.82 Å². The fourth-order valence-corrected chi connectivity index (χ4v) is 2.30. The van der Waals surface area contributed by atoms with Crippen molar-refractivity contribution in [3.05, 3.63) is 54.7 Å². The van der Waals surface area contributed by atoms with Gasteiger partial charge < -0.3 is 5.73 Å². The van der Waals surface area contributed by atoms with Crippen molar-refractivity contribution in [2.45, 2.75) is 0 Å². The molecule has 0 aliphatic carbocycles. The number of benzene rings is 2. The Kier molecular flexibility index (Phi) is 2.20. The van der Waals surface area contributed by atoms with E-state index in [0.29, 0.717) is 11.6 Å². The van der Waals surface area contributed by atoms with Gasteiger partial charge in [-0.15, -0.1) is 0 Å². The highest BCUT2D eigenvalue weighted by Crippen LogP contribution is 2.21. The van der Waals surface area contributed by atoms with Crippen LogP contribution in [0.4, 0.5) is 5.82 Å². The third kappa shape index (κ3) is 1.53. The zero-order valence-electron chi connectivity index (χ0n) is 10.6. The van der Waals surface area contributed by atoms with Crippen LogP contribution in [0.1, 0.15) is 0 Å². The second-order valence-corrected chi connectivity index (χ2v) is 4.54. The first-order valence-electron chi connectivity index (χ1n) is 6.28. The molecule has 2 N–H and O–H groups in total. The average molecular weight is 261 g/mol. The quantitative estimate of drug-likeness (QED) is 0.571. The van der Waals surface area contributed by atoms with Crippen LogP contribution >= 0.6 is 0 Å². The normalized spacial score (nSPS) is 11.2. The van der Waals surface area contributed by atoms with Crippen molar-refractivity contribution in [2.24, 2.45) is 0 Å². The monoisotopic (exact) mass is 261 g/mol. The molecule has 0 radical (unpaired) electrons. The maximum atomic E-state index is 6.03. The van der Waals surface area contributed by atoms with Gasteiger partial charge in [-0.3, -0.25) is 0 Å². The van der Waals surface area contributed by atoms with E-state index in [4.69, 9.17) is 5.73 Å². The Hall–Kier alpha value is -2.95. The molecule has 2 aromatic carbocycles. The van der Waals surface area contributed by atoms with E-state index in [-0.39, 0.29) is 0 Å². The van der Waals surface area contributed by atoms with Crippen LogP contribution in [0.25, 0.3) is 27.8 Å². The lowest BCUT2D eigenvalue weighted by Gasteiger charge is -2.07. The molecule has 2 aromatic heterocycles. The zero-order chi connectivity index (χ0) is 13.5. The molecule has 4 aromatic rings. The zero-order valence-corrected chi connectivity index (χ0v) is 10.6. The minimum atomic E-state index is 0.373. The Labute approximate surface area is 114 Å². The summed E-state index contributed by atoms with van der Waals surface area (Å²) in [5, 5.41) is 5.41. The first kappa shape index (κ1) is 10.9. The number of nitrogens with zero attached hydrogens (tertiary/aromatic N) is 4. The van der Waals surface area contributed by atoms with Crippen LogP contribution in [-0.4, -0.2) is 19.7 Å². The maximum absolute atomic E-state index is 6.03. The van der Waals surface area contributed by atoms with E-state index < -0.39 is 0 Å². The van der Waals surface area contributed by atoms with Crippen LogP contribution in [0.5, 0.6) is 0 Å². The summed E-state index contributed by atoms with van der Waals surface area (Å²) < 4.78 is 1.73. The Balaban J connectivity index is 2.04. The third-order valence-corrected chi connectivity index (χ3v) is 3.26. The summed E-state index contributed by atoms with van der Waals surface area (Å²) in [6.45, 7) is 0. The van der Waals surface area contributed by atoms with Crippen molar-refractivity contribution in [2.75, 3.05) is 5.73 Å². The maximum Gasteiger partial charge on any atom is 0.197 e. The topological polar surface area (TPSA) is 69.6 Å². The van der Waals surface area contributed by atoms with E-state index in [1.54, 1.807) is 10.9 Å². The summed E-state index contributed by atoms with van der Waals surface area (Å²) in [4.78, 5) is 8.97. The fraction of sp³-hybridized carbons (Fsp3) is 0. The Morgan fingerprint density at radius 1 is 0.850 bits per heavy atom. The fourth-order valence-electron chi connectivity index (χ4n) is 2.30. The summed E-state index contributed by atoms with van der Waals surface area (Å²) in [7, 11) is 0. The summed E-state index contributed by atoms with van der Waals surface area (Å²) in [5.74, 6) is 0.933. The Morgan fingerprint density at radius 3 is 2.40 bits per heavy atom. The number of para-hydroxylation sites is 3. The number of aromatic nitrogens is 4. The number of anilines is 1. The van der Waals surface area contributed by atoms with Gasteiger partial charge in [-0.1, -0.05) is 30.3 Å². The third-order valence-electron chi connectivity index (χ3n) is 3.26. The molecule has 0 aliphatic heterocycles. The second kappa shape index (κ2) is 4.03. The predicted octanol–water partition coefficient (Wildman–Crippen LogP) is 2.55. The van der Waals surface area contributed by atoms with Gasteiger partial charge in [-0.05, 0) is 18.2 Å². The molecular formula is C15H11N5. The minimum Gasteiger partial charge on any atom is -0.381 e. The Bertz CT molecular complexity index is 926. The predicted molar refractivity (Wildman–Crippen MR) is 78.6 cm³/mol. The molecular weight excluding hydrogens is 250 g/mol. The first-order valence-corrected chi connectivity index (χ1v) is 6.28. The van der Waals surface area contributed by atoms with E-state index >= 15 is 0 Å². The smallest absolute Gasteiger partial charge is 0.197 e. The van der Waals surface area contributed by atoms with Gasteiger partial charge in [0, 0.05) is 5.39 Å². The number of rotatable bonds is 1. The Morgan fingerprint density at radius 2 is 1.55 bits per heavy atom. The SMILES string of the molecule is Nc1nc2ccccc2nc1-n1ncc2ccccc21. The molecule has 0 saturated heterocycles. The van der Waals surface area contributed by atoms with E-state index in [1.165, 1.54) is 0 Å². The molecule has 0 amide bonds. The molecule has 96 valence electrons. The number of hydrogen-bond donors (Lipinski definition) is 1. The average Bonchev–Trinajstić information content (AvgIpc) is 2.90. The van der Waals surface area contributed by atoms with Gasteiger partial charge in [-0.2, -0.15) is 5.10 Å². The molecule has 4 rings (SSSR count). The van der Waals surface area contributed by atoms with Gasteiger partial charge in [0.1, 0.15) is 0 Å². The molecule has 0 spiro atoms. The van der Waals surface area contributed by atoms with E-state index in [9.17, 15) is 0 Å². The molecule has 5 nitrogen and oxygen atoms in total. The van der Waals surface area contributed by atoms with Crippen molar-refractivity contribution in [3.63, 3.8) is 0 Å². The largest absolute Gasteiger partial charge is 0.381 e. The minimum absolute atomic E-state index is 0.373. The van der Waals surface area contributed by atoms with Crippen molar-refractivity contribution < 1.29 is 0 Å². The molecule has 0 saturated carbocycles. The lowest BCUT2D eigenvalue weighted by atomic mass is 10.2. The number of nitrogens with two attached hydrogens (primary N) is 1. The highest BCUT2D eigenvalue weighted by molar-refractivity contribution is 5.82. The van der Waals surface area contributed by atoms with Crippen LogP contribution in [0.15, 0.2) is 54.7 Å². The van der Waals surface area contributed by atoms with Gasteiger partial charge in [0.25, 0.3) is 0 Å². The molecule has 0 atom stereocenters. The van der Waals surface area contributed by atoms with Crippen LogP contribution in [0, 0.1) is 0 Å². The van der Waals surface area contributed by atoms with Crippen LogP contribution in [-0.2, 0) is 0 Å². The molecule has 0 unspecified atom stereocenters. The molecule has 2 heterocycles. The number of fused-ring (bicyclic) bond motifs is 2. The van der Waals surface area contributed by atoms with E-state index in [2.05, 4.69) is 15.1 Å². The highest BCUT2D eigenvalue weighted by atomic mass is 15.3. The van der Waals surface area contributed by atoms with Gasteiger partial charge in [-0.25, -0.2) is 14.6 Å². The lowest BCUT2D eigenvalue weighted by Crippen LogP contribution is -2.06. The molecule has 0 aliphatic rings. The molecule has 20 heavy (non-hydrogen) atoms. The van der Waals surface area contributed by atoms with Gasteiger partial charge in [0.05, 0.1) is 22.7 Å². The van der Waals surface area contributed by atoms with Crippen LogP contribution in [0.3, 0.4) is 0 Å². The summed E-state index contributed by atoms with van der Waals surface area (Å²) >= 11 is 0. The van der Waals surface area contributed by atoms with Crippen LogP contribution < -0.4 is 5.73 Å². The number of hydrogen-bond acceptors (Lipinski definition) is 4. The summed E-state index contributed by atoms with van der Waals surface area (Å²) in [6, 6.07) is 15.6. The van der Waals surface area contributed by atoms with Crippen LogP contribution in [0.2, 0.25) is 0 Å². The summed E-state index contributed by atoms with van der Waals surface area (Å²) in [5.41, 5.74) is 8.58. The molecule has 0 bridgehead atoms. The molecule has 0 fully saturated rings. The van der Waals surface area contributed by atoms with Crippen molar-refractivity contribution in [1.82, 2.24) is 19.7 Å². The number of nitrogen functional groups attached to an aromatic ring is 1. The second-order valence-electron chi connectivity index (χ2n) is 4.54. The van der Waals surface area contributed by atoms with Gasteiger partial charge >= 0.3 is 0 Å². The van der Waals surface area contributed by atoms with Gasteiger partial charge in [0.2, 0.25) is 0 Å². The highest BCUT2D eigenvalue weighted by Gasteiger charge is 2.11. The van der Waals surface area contributed by atoms with Crippen molar-refractivity contribution in [1.29, 1.82) is 0 Å². The van der Waals surface area contributed by atoms with Gasteiger partial charge in [0.15, 0.2) is 11.6 Å². The first-order chi connectivity index (χ1) is 9.83.